The monoisotopic (exact) mass is 309 g/mol. The van der Waals surface area contributed by atoms with Gasteiger partial charge in [-0.3, -0.25) is 9.59 Å². The first-order valence-electron chi connectivity index (χ1n) is 6.91. The second-order valence-corrected chi connectivity index (χ2v) is 6.27. The minimum Gasteiger partial charge on any atom is -0.345 e. The van der Waals surface area contributed by atoms with Crippen LogP contribution in [0.2, 0.25) is 5.02 Å². The van der Waals surface area contributed by atoms with Gasteiger partial charge in [0.2, 0.25) is 5.91 Å². The van der Waals surface area contributed by atoms with E-state index in [1.165, 1.54) is 4.90 Å². The number of hydrogen-bond donors (Lipinski definition) is 2. The molecule has 0 aromatic heterocycles. The first-order valence-corrected chi connectivity index (χ1v) is 7.28. The van der Waals surface area contributed by atoms with Crippen molar-refractivity contribution >= 4 is 29.1 Å². The molecule has 1 aliphatic carbocycles. The third-order valence-electron chi connectivity index (χ3n) is 3.75. The summed E-state index contributed by atoms with van der Waals surface area (Å²) in [6, 6.07) is 4.83. The molecule has 0 saturated heterocycles. The van der Waals surface area contributed by atoms with Crippen LogP contribution in [-0.2, 0) is 4.79 Å². The first kappa shape index (κ1) is 15.8. The summed E-state index contributed by atoms with van der Waals surface area (Å²) >= 11 is 5.96. The zero-order chi connectivity index (χ0) is 15.6. The molecule has 1 aromatic carbocycles. The Kier molecular flexibility index (Phi) is 4.54. The first-order chi connectivity index (χ1) is 9.81. The molecular formula is C15H20ClN3O2. The number of halogens is 1. The van der Waals surface area contributed by atoms with E-state index in [1.807, 2.05) is 0 Å². The maximum Gasteiger partial charge on any atom is 0.255 e. The molecule has 1 saturated carbocycles. The number of hydrogen-bond acceptors (Lipinski definition) is 3. The molecule has 21 heavy (non-hydrogen) atoms. The van der Waals surface area contributed by atoms with Crippen LogP contribution in [0.15, 0.2) is 18.2 Å². The molecule has 3 N–H and O–H groups in total. The molecule has 5 nitrogen and oxygen atoms in total. The van der Waals surface area contributed by atoms with E-state index in [0.717, 1.165) is 19.3 Å². The van der Waals surface area contributed by atoms with Gasteiger partial charge in [0.25, 0.3) is 5.91 Å². The standard InChI is InChI=1S/C15H20ClN3O2/c1-19(2)14(21)11-5-4-10(16)8-12(11)18-13(20)9-15(17)6-3-7-15/h4-5,8H,3,6-7,9,17H2,1-2H3,(H,18,20). The zero-order valence-corrected chi connectivity index (χ0v) is 13.0. The maximum atomic E-state index is 12.1. The van der Waals surface area contributed by atoms with Crippen molar-refractivity contribution in [2.75, 3.05) is 19.4 Å². The molecule has 0 aliphatic heterocycles. The average molecular weight is 310 g/mol. The number of nitrogens with one attached hydrogen (secondary N) is 1. The van der Waals surface area contributed by atoms with Crippen molar-refractivity contribution in [2.45, 2.75) is 31.2 Å². The van der Waals surface area contributed by atoms with E-state index in [9.17, 15) is 9.59 Å². The maximum absolute atomic E-state index is 12.1. The minimum atomic E-state index is -0.394. The van der Waals surface area contributed by atoms with Gasteiger partial charge in [0, 0.05) is 31.1 Å². The number of anilines is 1. The fourth-order valence-electron chi connectivity index (χ4n) is 2.37. The largest absolute Gasteiger partial charge is 0.345 e. The van der Waals surface area contributed by atoms with E-state index in [0.29, 0.717) is 16.3 Å². The van der Waals surface area contributed by atoms with Crippen LogP contribution >= 0.6 is 11.6 Å². The van der Waals surface area contributed by atoms with Gasteiger partial charge in [-0.15, -0.1) is 0 Å². The normalized spacial score (nSPS) is 16.0. The zero-order valence-electron chi connectivity index (χ0n) is 12.3. The van der Waals surface area contributed by atoms with Gasteiger partial charge < -0.3 is 16.0 Å². The van der Waals surface area contributed by atoms with Crippen molar-refractivity contribution in [3.63, 3.8) is 0 Å². The van der Waals surface area contributed by atoms with Crippen LogP contribution in [0, 0.1) is 0 Å². The van der Waals surface area contributed by atoms with E-state index in [4.69, 9.17) is 17.3 Å². The van der Waals surface area contributed by atoms with Crippen LogP contribution < -0.4 is 11.1 Å². The Bertz CT molecular complexity index is 568. The van der Waals surface area contributed by atoms with Crippen LogP contribution in [-0.4, -0.2) is 36.3 Å². The lowest BCUT2D eigenvalue weighted by molar-refractivity contribution is -0.118. The number of carbonyl (C=O) groups excluding carboxylic acids is 2. The minimum absolute atomic E-state index is 0.187. The van der Waals surface area contributed by atoms with Crippen molar-refractivity contribution in [1.29, 1.82) is 0 Å². The van der Waals surface area contributed by atoms with Crippen LogP contribution in [0.4, 0.5) is 5.69 Å². The van der Waals surface area contributed by atoms with Gasteiger partial charge >= 0.3 is 0 Å². The van der Waals surface area contributed by atoms with Gasteiger partial charge in [0.05, 0.1) is 11.3 Å². The van der Waals surface area contributed by atoms with Gasteiger partial charge in [0.15, 0.2) is 0 Å². The lowest BCUT2D eigenvalue weighted by atomic mass is 9.75. The Morgan fingerprint density at radius 3 is 2.57 bits per heavy atom. The van der Waals surface area contributed by atoms with E-state index in [-0.39, 0.29) is 18.2 Å². The molecule has 2 amide bonds. The van der Waals surface area contributed by atoms with Crippen LogP contribution in [0.25, 0.3) is 0 Å². The molecule has 0 atom stereocenters. The third-order valence-corrected chi connectivity index (χ3v) is 3.99. The number of carbonyl (C=O) groups is 2. The summed E-state index contributed by atoms with van der Waals surface area (Å²) < 4.78 is 0. The highest BCUT2D eigenvalue weighted by molar-refractivity contribution is 6.31. The molecule has 114 valence electrons. The number of rotatable bonds is 4. The number of amides is 2. The van der Waals surface area contributed by atoms with E-state index in [1.54, 1.807) is 32.3 Å². The van der Waals surface area contributed by atoms with Crippen molar-refractivity contribution in [3.8, 4) is 0 Å². The van der Waals surface area contributed by atoms with Crippen molar-refractivity contribution in [2.24, 2.45) is 5.73 Å². The number of nitrogens with zero attached hydrogens (tertiary/aromatic N) is 1. The van der Waals surface area contributed by atoms with Crippen molar-refractivity contribution in [1.82, 2.24) is 4.90 Å². The van der Waals surface area contributed by atoms with Crippen LogP contribution in [0.5, 0.6) is 0 Å². The lowest BCUT2D eigenvalue weighted by Crippen LogP contribution is -2.49. The van der Waals surface area contributed by atoms with Crippen molar-refractivity contribution < 1.29 is 9.59 Å². The Labute approximate surface area is 129 Å². The Balaban J connectivity index is 2.16. The predicted octanol–water partition coefficient (Wildman–Crippen LogP) is 2.25. The molecule has 1 aromatic rings. The van der Waals surface area contributed by atoms with Gasteiger partial charge in [-0.1, -0.05) is 11.6 Å². The molecule has 0 radical (unpaired) electrons. The summed E-state index contributed by atoms with van der Waals surface area (Å²) in [5.41, 5.74) is 6.52. The van der Waals surface area contributed by atoms with Crippen LogP contribution in [0.3, 0.4) is 0 Å². The molecular weight excluding hydrogens is 290 g/mol. The molecule has 0 unspecified atom stereocenters. The summed E-state index contributed by atoms with van der Waals surface area (Å²) in [6.07, 6.45) is 3.04. The van der Waals surface area contributed by atoms with Gasteiger partial charge in [0.1, 0.15) is 0 Å². The average Bonchev–Trinajstić information content (AvgIpc) is 2.36. The number of nitrogens with two attached hydrogens (primary N) is 1. The second kappa shape index (κ2) is 6.03. The highest BCUT2D eigenvalue weighted by atomic mass is 35.5. The van der Waals surface area contributed by atoms with E-state index in [2.05, 4.69) is 5.32 Å². The quantitative estimate of drug-likeness (QED) is 0.895. The Morgan fingerprint density at radius 1 is 1.38 bits per heavy atom. The molecule has 1 fully saturated rings. The fourth-order valence-corrected chi connectivity index (χ4v) is 2.54. The molecule has 0 bridgehead atoms. The summed E-state index contributed by atoms with van der Waals surface area (Å²) in [6.45, 7) is 0. The summed E-state index contributed by atoms with van der Waals surface area (Å²) in [5.74, 6) is -0.375. The SMILES string of the molecule is CN(C)C(=O)c1ccc(Cl)cc1NC(=O)CC1(N)CCC1. The summed E-state index contributed by atoms with van der Waals surface area (Å²) in [4.78, 5) is 25.7. The predicted molar refractivity (Wildman–Crippen MR) is 83.5 cm³/mol. The highest BCUT2D eigenvalue weighted by Crippen LogP contribution is 2.32. The fraction of sp³-hybridized carbons (Fsp3) is 0.467. The third kappa shape index (κ3) is 3.74. The molecule has 6 heteroatoms. The summed E-state index contributed by atoms with van der Waals surface area (Å²) in [5, 5.41) is 3.23. The summed E-state index contributed by atoms with van der Waals surface area (Å²) in [7, 11) is 3.32. The topological polar surface area (TPSA) is 75.4 Å². The molecule has 2 rings (SSSR count). The van der Waals surface area contributed by atoms with E-state index < -0.39 is 5.54 Å². The molecule has 0 spiro atoms. The molecule has 0 heterocycles. The Hall–Kier alpha value is -1.59. The smallest absolute Gasteiger partial charge is 0.255 e. The van der Waals surface area contributed by atoms with Crippen LogP contribution in [0.1, 0.15) is 36.0 Å². The van der Waals surface area contributed by atoms with Gasteiger partial charge in [-0.05, 0) is 37.5 Å². The lowest BCUT2D eigenvalue weighted by Gasteiger charge is -2.37. The van der Waals surface area contributed by atoms with Crippen molar-refractivity contribution in [3.05, 3.63) is 28.8 Å². The highest BCUT2D eigenvalue weighted by Gasteiger charge is 2.34. The number of benzene rings is 1. The van der Waals surface area contributed by atoms with E-state index >= 15 is 0 Å². The molecule has 1 aliphatic rings. The Morgan fingerprint density at radius 2 is 2.05 bits per heavy atom. The van der Waals surface area contributed by atoms with Gasteiger partial charge in [-0.2, -0.15) is 0 Å². The van der Waals surface area contributed by atoms with Gasteiger partial charge in [-0.25, -0.2) is 0 Å². The second-order valence-electron chi connectivity index (χ2n) is 5.83.